The number of anilines is 1. The van der Waals surface area contributed by atoms with Crippen LogP contribution in [0.15, 0.2) is 30.3 Å². The summed E-state index contributed by atoms with van der Waals surface area (Å²) in [5.74, 6) is -0.288. The van der Waals surface area contributed by atoms with Crippen molar-refractivity contribution >= 4 is 28.5 Å². The van der Waals surface area contributed by atoms with Gasteiger partial charge in [-0.05, 0) is 30.2 Å². The molecule has 1 aromatic carbocycles. The zero-order valence-electron chi connectivity index (χ0n) is 10.2. The number of carbonyl (C=O) groups excluding carboxylic acids is 2. The van der Waals surface area contributed by atoms with E-state index in [1.165, 1.54) is 0 Å². The van der Waals surface area contributed by atoms with Gasteiger partial charge in [-0.15, -0.1) is 0 Å². The second-order valence-electron chi connectivity index (χ2n) is 4.65. The molecule has 1 aliphatic heterocycles. The number of amides is 2. The fourth-order valence-corrected chi connectivity index (χ4v) is 2.49. The van der Waals surface area contributed by atoms with Crippen LogP contribution in [0, 0.1) is 0 Å². The van der Waals surface area contributed by atoms with Crippen molar-refractivity contribution < 1.29 is 9.59 Å². The van der Waals surface area contributed by atoms with E-state index in [9.17, 15) is 9.59 Å². The topological polar surface area (TPSA) is 85.1 Å². The Balaban J connectivity index is 2.10. The summed E-state index contributed by atoms with van der Waals surface area (Å²) in [6.45, 7) is 0. The summed E-state index contributed by atoms with van der Waals surface area (Å²) in [7, 11) is 0. The Kier molecular flexibility index (Phi) is 2.67. The first-order chi connectivity index (χ1) is 9.15. The molecular weight excluding hydrogens is 242 g/mol. The molecule has 3 N–H and O–H groups in total. The number of piperidine rings is 1. The second-order valence-corrected chi connectivity index (χ2v) is 4.65. The number of nitrogens with zero attached hydrogens (tertiary/aromatic N) is 1. The van der Waals surface area contributed by atoms with Crippen molar-refractivity contribution in [1.29, 1.82) is 0 Å². The van der Waals surface area contributed by atoms with Gasteiger partial charge >= 0.3 is 0 Å². The van der Waals surface area contributed by atoms with Gasteiger partial charge in [-0.2, -0.15) is 0 Å². The van der Waals surface area contributed by atoms with Crippen LogP contribution in [0.1, 0.15) is 24.3 Å². The number of hydrogen-bond acceptors (Lipinski definition) is 4. The zero-order valence-corrected chi connectivity index (χ0v) is 10.2. The van der Waals surface area contributed by atoms with Crippen molar-refractivity contribution in [1.82, 2.24) is 10.3 Å². The third-order valence-electron chi connectivity index (χ3n) is 3.40. The number of benzene rings is 1. The highest BCUT2D eigenvalue weighted by atomic mass is 16.2. The van der Waals surface area contributed by atoms with Gasteiger partial charge in [0.05, 0.1) is 11.4 Å². The summed E-state index contributed by atoms with van der Waals surface area (Å²) in [4.78, 5) is 27.4. The second kappa shape index (κ2) is 4.35. The molecule has 1 unspecified atom stereocenters. The Morgan fingerprint density at radius 1 is 1.21 bits per heavy atom. The van der Waals surface area contributed by atoms with E-state index in [1.54, 1.807) is 6.07 Å². The lowest BCUT2D eigenvalue weighted by Gasteiger charge is -2.22. The molecule has 1 aromatic heterocycles. The minimum Gasteiger partial charge on any atom is -0.384 e. The van der Waals surface area contributed by atoms with Gasteiger partial charge in [0.25, 0.3) is 0 Å². The highest BCUT2D eigenvalue weighted by Crippen LogP contribution is 2.30. The summed E-state index contributed by atoms with van der Waals surface area (Å²) < 4.78 is 0. The van der Waals surface area contributed by atoms with Gasteiger partial charge in [0, 0.05) is 11.8 Å². The molecular formula is C14H13N3O2. The van der Waals surface area contributed by atoms with Crippen LogP contribution in [0.4, 0.5) is 5.82 Å². The van der Waals surface area contributed by atoms with Crippen LogP contribution in [0.5, 0.6) is 0 Å². The Morgan fingerprint density at radius 2 is 2.05 bits per heavy atom. The van der Waals surface area contributed by atoms with Crippen LogP contribution >= 0.6 is 0 Å². The lowest BCUT2D eigenvalue weighted by molar-refractivity contribution is -0.134. The van der Waals surface area contributed by atoms with Crippen LogP contribution in [-0.2, 0) is 9.59 Å². The number of hydrogen-bond donors (Lipinski definition) is 2. The molecule has 2 amide bonds. The molecule has 0 bridgehead atoms. The van der Waals surface area contributed by atoms with Crippen LogP contribution < -0.4 is 11.1 Å². The molecule has 5 heteroatoms. The molecule has 1 fully saturated rings. The standard InChI is InChI=1S/C14H13N3O2/c15-12-6-4-9-8(2-1-3-11(9)16-12)10-5-7-13(18)17-14(10)19/h1-4,6,10H,5,7H2,(H2,15,16)(H,17,18,19). The van der Waals surface area contributed by atoms with Crippen molar-refractivity contribution in [3.8, 4) is 0 Å². The fourth-order valence-electron chi connectivity index (χ4n) is 2.49. The maximum absolute atomic E-state index is 11.9. The van der Waals surface area contributed by atoms with Gasteiger partial charge in [-0.25, -0.2) is 4.98 Å². The van der Waals surface area contributed by atoms with Crippen LogP contribution in [0.3, 0.4) is 0 Å². The molecule has 1 atom stereocenters. The lowest BCUT2D eigenvalue weighted by atomic mass is 9.88. The van der Waals surface area contributed by atoms with E-state index >= 15 is 0 Å². The van der Waals surface area contributed by atoms with E-state index in [2.05, 4.69) is 10.3 Å². The van der Waals surface area contributed by atoms with Gasteiger partial charge in [-0.3, -0.25) is 14.9 Å². The summed E-state index contributed by atoms with van der Waals surface area (Å²) in [6, 6.07) is 9.21. The van der Waals surface area contributed by atoms with Crippen molar-refractivity contribution in [3.63, 3.8) is 0 Å². The number of aromatic nitrogens is 1. The maximum Gasteiger partial charge on any atom is 0.234 e. The molecule has 1 saturated heterocycles. The molecule has 5 nitrogen and oxygen atoms in total. The molecule has 1 aliphatic rings. The zero-order chi connectivity index (χ0) is 13.4. The highest BCUT2D eigenvalue weighted by Gasteiger charge is 2.28. The molecule has 2 heterocycles. The largest absolute Gasteiger partial charge is 0.384 e. The molecule has 2 aromatic rings. The van der Waals surface area contributed by atoms with Gasteiger partial charge in [0.2, 0.25) is 11.8 Å². The van der Waals surface area contributed by atoms with Crippen LogP contribution in [0.2, 0.25) is 0 Å². The van der Waals surface area contributed by atoms with E-state index in [4.69, 9.17) is 5.73 Å². The average molecular weight is 255 g/mol. The van der Waals surface area contributed by atoms with Crippen LogP contribution in [0.25, 0.3) is 10.9 Å². The number of carbonyl (C=O) groups is 2. The van der Waals surface area contributed by atoms with Crippen molar-refractivity contribution in [2.75, 3.05) is 5.73 Å². The minimum atomic E-state index is -0.299. The Morgan fingerprint density at radius 3 is 2.84 bits per heavy atom. The maximum atomic E-state index is 11.9. The number of nitrogens with one attached hydrogen (secondary N) is 1. The summed E-state index contributed by atoms with van der Waals surface area (Å²) in [5, 5.41) is 3.29. The Labute approximate surface area is 109 Å². The van der Waals surface area contributed by atoms with E-state index in [1.807, 2.05) is 24.3 Å². The molecule has 0 saturated carbocycles. The lowest BCUT2D eigenvalue weighted by Crippen LogP contribution is -2.39. The Bertz CT molecular complexity index is 681. The number of pyridine rings is 1. The Hall–Kier alpha value is -2.43. The van der Waals surface area contributed by atoms with Crippen LogP contribution in [-0.4, -0.2) is 16.8 Å². The molecule has 0 aliphatic carbocycles. The van der Waals surface area contributed by atoms with E-state index in [-0.39, 0.29) is 17.7 Å². The third kappa shape index (κ3) is 2.03. The summed E-state index contributed by atoms with van der Waals surface area (Å²) >= 11 is 0. The normalized spacial score (nSPS) is 19.5. The number of nitrogens with two attached hydrogens (primary N) is 1. The number of nitrogen functional groups attached to an aromatic ring is 1. The molecule has 0 spiro atoms. The quantitative estimate of drug-likeness (QED) is 0.753. The van der Waals surface area contributed by atoms with E-state index < -0.39 is 0 Å². The first-order valence-corrected chi connectivity index (χ1v) is 6.14. The van der Waals surface area contributed by atoms with Crippen molar-refractivity contribution in [2.45, 2.75) is 18.8 Å². The van der Waals surface area contributed by atoms with E-state index in [0.717, 1.165) is 16.5 Å². The molecule has 19 heavy (non-hydrogen) atoms. The van der Waals surface area contributed by atoms with Gasteiger partial charge < -0.3 is 5.73 Å². The summed E-state index contributed by atoms with van der Waals surface area (Å²) in [6.07, 6.45) is 0.906. The monoisotopic (exact) mass is 255 g/mol. The van der Waals surface area contributed by atoms with E-state index in [0.29, 0.717) is 18.7 Å². The highest BCUT2D eigenvalue weighted by molar-refractivity contribution is 6.02. The first kappa shape index (κ1) is 11.6. The molecule has 3 rings (SSSR count). The van der Waals surface area contributed by atoms with Gasteiger partial charge in [0.15, 0.2) is 0 Å². The minimum absolute atomic E-state index is 0.205. The predicted molar refractivity (Wildman–Crippen MR) is 71.3 cm³/mol. The number of fused-ring (bicyclic) bond motifs is 1. The SMILES string of the molecule is Nc1ccc2c(C3CCC(=O)NC3=O)cccc2n1. The number of rotatable bonds is 1. The van der Waals surface area contributed by atoms with Crippen molar-refractivity contribution in [2.24, 2.45) is 0 Å². The fraction of sp³-hybridized carbons (Fsp3) is 0.214. The first-order valence-electron chi connectivity index (χ1n) is 6.14. The van der Waals surface area contributed by atoms with Gasteiger partial charge in [0.1, 0.15) is 5.82 Å². The molecule has 96 valence electrons. The van der Waals surface area contributed by atoms with Gasteiger partial charge in [-0.1, -0.05) is 12.1 Å². The summed E-state index contributed by atoms with van der Waals surface area (Å²) in [5.41, 5.74) is 7.33. The number of imide groups is 1. The smallest absolute Gasteiger partial charge is 0.234 e. The third-order valence-corrected chi connectivity index (χ3v) is 3.40. The van der Waals surface area contributed by atoms with Crippen molar-refractivity contribution in [3.05, 3.63) is 35.9 Å². The predicted octanol–water partition coefficient (Wildman–Crippen LogP) is 1.34. The molecule has 0 radical (unpaired) electrons. The average Bonchev–Trinajstić information content (AvgIpc) is 2.38.